The highest BCUT2D eigenvalue weighted by atomic mass is 16.5. The van der Waals surface area contributed by atoms with Gasteiger partial charge >= 0.3 is 0 Å². The lowest BCUT2D eigenvalue weighted by Crippen LogP contribution is -2.44. The van der Waals surface area contributed by atoms with Crippen LogP contribution in [0.2, 0.25) is 0 Å². The lowest BCUT2D eigenvalue weighted by Gasteiger charge is -2.35. The fraction of sp³-hybridized carbons (Fsp3) is 0.308. The molecule has 0 aliphatic carbocycles. The van der Waals surface area contributed by atoms with Gasteiger partial charge in [-0.1, -0.05) is 24.3 Å². The van der Waals surface area contributed by atoms with Gasteiger partial charge in [-0.15, -0.1) is 0 Å². The molecule has 33 heavy (non-hydrogen) atoms. The number of hydrogen-bond acceptors (Lipinski definition) is 5. The largest absolute Gasteiger partial charge is 0.459 e. The quantitative estimate of drug-likeness (QED) is 0.572. The first-order valence-electron chi connectivity index (χ1n) is 11.1. The van der Waals surface area contributed by atoms with Gasteiger partial charge in [-0.2, -0.15) is 0 Å². The van der Waals surface area contributed by atoms with Crippen LogP contribution in [0.1, 0.15) is 45.9 Å². The molecule has 0 saturated carbocycles. The van der Waals surface area contributed by atoms with Crippen LogP contribution in [0, 0.1) is 6.92 Å². The van der Waals surface area contributed by atoms with Crippen LogP contribution in [-0.4, -0.2) is 42.0 Å². The molecule has 1 aromatic heterocycles. The van der Waals surface area contributed by atoms with Crippen molar-refractivity contribution < 1.29 is 18.7 Å². The Morgan fingerprint density at radius 1 is 0.939 bits per heavy atom. The van der Waals surface area contributed by atoms with Crippen LogP contribution in [-0.2, 0) is 11.3 Å². The first kappa shape index (κ1) is 22.8. The van der Waals surface area contributed by atoms with Crippen molar-refractivity contribution in [3.63, 3.8) is 0 Å². The molecule has 2 heterocycles. The Kier molecular flexibility index (Phi) is 6.91. The lowest BCUT2D eigenvalue weighted by molar-refractivity contribution is -0.0704. The normalized spacial score (nSPS) is 18.6. The average Bonchev–Trinajstić information content (AvgIpc) is 3.31. The molecule has 1 aliphatic rings. The molecular formula is C26H29N3O4. The molecule has 0 bridgehead atoms. The van der Waals surface area contributed by atoms with Crippen molar-refractivity contribution in [3.8, 4) is 0 Å². The van der Waals surface area contributed by atoms with Crippen LogP contribution in [0.4, 0.5) is 11.4 Å². The van der Waals surface area contributed by atoms with Crippen LogP contribution in [0.5, 0.6) is 0 Å². The molecule has 2 atom stereocenters. The topological polar surface area (TPSA) is 83.8 Å². The summed E-state index contributed by atoms with van der Waals surface area (Å²) in [7, 11) is 0. The van der Waals surface area contributed by atoms with E-state index in [9.17, 15) is 9.59 Å². The average molecular weight is 448 g/mol. The third-order valence-electron chi connectivity index (χ3n) is 5.65. The van der Waals surface area contributed by atoms with Gasteiger partial charge in [0.1, 0.15) is 0 Å². The summed E-state index contributed by atoms with van der Waals surface area (Å²) in [4.78, 5) is 27.8. The Morgan fingerprint density at radius 2 is 1.67 bits per heavy atom. The lowest BCUT2D eigenvalue weighted by atomic mass is 10.1. The minimum atomic E-state index is -0.361. The SMILES string of the molecule is Cc1ccc(C(=O)Nc2ccccc2CN2CC(C)OC(C)C2)cc1NC(=O)c1ccco1. The number of nitrogens with zero attached hydrogens (tertiary/aromatic N) is 1. The van der Waals surface area contributed by atoms with E-state index in [4.69, 9.17) is 9.15 Å². The molecule has 2 unspecified atom stereocenters. The van der Waals surface area contributed by atoms with E-state index in [-0.39, 0.29) is 29.8 Å². The molecule has 4 rings (SSSR count). The van der Waals surface area contributed by atoms with Gasteiger partial charge in [-0.3, -0.25) is 14.5 Å². The van der Waals surface area contributed by atoms with E-state index in [1.807, 2.05) is 37.3 Å². The smallest absolute Gasteiger partial charge is 0.291 e. The molecule has 0 radical (unpaired) electrons. The summed E-state index contributed by atoms with van der Waals surface area (Å²) in [6.07, 6.45) is 1.80. The van der Waals surface area contributed by atoms with Gasteiger partial charge < -0.3 is 19.8 Å². The molecule has 3 aromatic rings. The fourth-order valence-corrected chi connectivity index (χ4v) is 4.12. The maximum Gasteiger partial charge on any atom is 0.291 e. The second-order valence-corrected chi connectivity index (χ2v) is 8.52. The maximum absolute atomic E-state index is 13.1. The molecule has 1 aliphatic heterocycles. The Balaban J connectivity index is 1.48. The Labute approximate surface area is 193 Å². The number of amides is 2. The number of benzene rings is 2. The van der Waals surface area contributed by atoms with Crippen molar-refractivity contribution in [3.05, 3.63) is 83.3 Å². The number of rotatable bonds is 6. The van der Waals surface area contributed by atoms with Crippen molar-refractivity contribution in [2.75, 3.05) is 23.7 Å². The van der Waals surface area contributed by atoms with E-state index in [1.54, 1.807) is 24.3 Å². The van der Waals surface area contributed by atoms with E-state index in [2.05, 4.69) is 29.4 Å². The number of ether oxygens (including phenoxy) is 1. The van der Waals surface area contributed by atoms with Crippen LogP contribution < -0.4 is 10.6 Å². The van der Waals surface area contributed by atoms with Gasteiger partial charge in [0, 0.05) is 36.6 Å². The Morgan fingerprint density at radius 3 is 2.39 bits per heavy atom. The maximum atomic E-state index is 13.1. The number of nitrogens with one attached hydrogen (secondary N) is 2. The first-order chi connectivity index (χ1) is 15.9. The first-order valence-corrected chi connectivity index (χ1v) is 11.1. The summed E-state index contributed by atoms with van der Waals surface area (Å²) in [5.41, 5.74) is 3.69. The Bertz CT molecular complexity index is 1120. The van der Waals surface area contributed by atoms with Crippen LogP contribution in [0.25, 0.3) is 0 Å². The van der Waals surface area contributed by atoms with Gasteiger partial charge in [0.05, 0.1) is 18.5 Å². The van der Waals surface area contributed by atoms with Crippen molar-refractivity contribution in [1.29, 1.82) is 0 Å². The Hall–Kier alpha value is -3.42. The van der Waals surface area contributed by atoms with Crippen LogP contribution >= 0.6 is 0 Å². The zero-order valence-corrected chi connectivity index (χ0v) is 19.1. The van der Waals surface area contributed by atoms with E-state index < -0.39 is 0 Å². The van der Waals surface area contributed by atoms with Crippen molar-refractivity contribution in [1.82, 2.24) is 4.90 Å². The summed E-state index contributed by atoms with van der Waals surface area (Å²) in [5, 5.41) is 5.85. The van der Waals surface area contributed by atoms with Crippen molar-refractivity contribution in [2.24, 2.45) is 0 Å². The van der Waals surface area contributed by atoms with Crippen molar-refractivity contribution >= 4 is 23.2 Å². The molecule has 2 amide bonds. The number of carbonyl (C=O) groups is 2. The monoisotopic (exact) mass is 447 g/mol. The molecular weight excluding hydrogens is 418 g/mol. The molecule has 0 spiro atoms. The van der Waals surface area contributed by atoms with Gasteiger partial charge in [-0.25, -0.2) is 0 Å². The van der Waals surface area contributed by atoms with Gasteiger partial charge in [0.15, 0.2) is 5.76 Å². The summed E-state index contributed by atoms with van der Waals surface area (Å²) in [5.74, 6) is -0.385. The zero-order valence-electron chi connectivity index (χ0n) is 19.1. The molecule has 7 heteroatoms. The predicted molar refractivity (Wildman–Crippen MR) is 128 cm³/mol. The number of aryl methyl sites for hydroxylation is 1. The second kappa shape index (κ2) is 10.0. The molecule has 2 N–H and O–H groups in total. The summed E-state index contributed by atoms with van der Waals surface area (Å²) in [6.45, 7) is 8.46. The number of furan rings is 1. The number of morpholine rings is 1. The highest BCUT2D eigenvalue weighted by molar-refractivity contribution is 6.07. The van der Waals surface area contributed by atoms with Gasteiger partial charge in [0.25, 0.3) is 11.8 Å². The number of para-hydroxylation sites is 1. The third-order valence-corrected chi connectivity index (χ3v) is 5.65. The minimum absolute atomic E-state index is 0.179. The van der Waals surface area contributed by atoms with Crippen LogP contribution in [0.3, 0.4) is 0 Å². The molecule has 1 saturated heterocycles. The zero-order chi connectivity index (χ0) is 23.4. The number of anilines is 2. The van der Waals surface area contributed by atoms with E-state index >= 15 is 0 Å². The molecule has 7 nitrogen and oxygen atoms in total. The fourth-order valence-electron chi connectivity index (χ4n) is 4.12. The molecule has 172 valence electrons. The number of carbonyl (C=O) groups excluding carboxylic acids is 2. The minimum Gasteiger partial charge on any atom is -0.459 e. The number of hydrogen-bond donors (Lipinski definition) is 2. The van der Waals surface area contributed by atoms with Crippen LogP contribution in [0.15, 0.2) is 65.3 Å². The summed E-state index contributed by atoms with van der Waals surface area (Å²) >= 11 is 0. The van der Waals surface area contributed by atoms with E-state index in [1.165, 1.54) is 6.26 Å². The highest BCUT2D eigenvalue weighted by Crippen LogP contribution is 2.23. The highest BCUT2D eigenvalue weighted by Gasteiger charge is 2.23. The van der Waals surface area contributed by atoms with Gasteiger partial charge in [0.2, 0.25) is 0 Å². The predicted octanol–water partition coefficient (Wildman–Crippen LogP) is 4.70. The van der Waals surface area contributed by atoms with Gasteiger partial charge in [-0.05, 0) is 62.2 Å². The van der Waals surface area contributed by atoms with E-state index in [0.717, 1.165) is 36.4 Å². The van der Waals surface area contributed by atoms with Crippen molar-refractivity contribution in [2.45, 2.75) is 39.5 Å². The molecule has 2 aromatic carbocycles. The second-order valence-electron chi connectivity index (χ2n) is 8.52. The summed E-state index contributed by atoms with van der Waals surface area (Å²) in [6, 6.07) is 16.3. The van der Waals surface area contributed by atoms with E-state index in [0.29, 0.717) is 11.3 Å². The third kappa shape index (κ3) is 5.69. The molecule has 1 fully saturated rings. The standard InChI is InChI=1S/C26H29N3O4/c1-17-10-11-20(13-23(17)28-26(31)24-9-6-12-32-24)25(30)27-22-8-5-4-7-21(22)16-29-14-18(2)33-19(3)15-29/h4-13,18-19H,14-16H2,1-3H3,(H,27,30)(H,28,31). The summed E-state index contributed by atoms with van der Waals surface area (Å²) < 4.78 is 11.0.